The molecule has 4 rings (SSSR count). The van der Waals surface area contributed by atoms with E-state index < -0.39 is 0 Å². The maximum absolute atomic E-state index is 9.69. The summed E-state index contributed by atoms with van der Waals surface area (Å²) in [7, 11) is 0. The van der Waals surface area contributed by atoms with Crippen LogP contribution in [-0.2, 0) is 17.8 Å². The van der Waals surface area contributed by atoms with Crippen LogP contribution in [0.2, 0.25) is 0 Å². The highest BCUT2D eigenvalue weighted by atomic mass is 16.5. The van der Waals surface area contributed by atoms with E-state index in [0.717, 1.165) is 55.7 Å². The van der Waals surface area contributed by atoms with Crippen molar-refractivity contribution in [2.75, 3.05) is 13.2 Å². The van der Waals surface area contributed by atoms with Gasteiger partial charge in [-0.15, -0.1) is 0 Å². The SMILES string of the molecule is N#Cc1c(CN(Cc2ccccc2)CC2CCCO2)cn2ccccc12. The fraction of sp³-hybridized carbons (Fsp3) is 0.318. The van der Waals surface area contributed by atoms with Crippen LogP contribution in [0.1, 0.15) is 29.5 Å². The van der Waals surface area contributed by atoms with Crippen molar-refractivity contribution in [1.82, 2.24) is 9.30 Å². The van der Waals surface area contributed by atoms with E-state index in [4.69, 9.17) is 4.74 Å². The van der Waals surface area contributed by atoms with E-state index in [1.165, 1.54) is 5.56 Å². The van der Waals surface area contributed by atoms with E-state index in [1.807, 2.05) is 34.9 Å². The first-order chi connectivity index (χ1) is 12.8. The average molecular weight is 345 g/mol. The second-order valence-electron chi connectivity index (χ2n) is 6.92. The Kier molecular flexibility index (Phi) is 5.01. The molecular weight excluding hydrogens is 322 g/mol. The van der Waals surface area contributed by atoms with Crippen LogP contribution in [0.4, 0.5) is 0 Å². The summed E-state index contributed by atoms with van der Waals surface area (Å²) in [4.78, 5) is 2.40. The Balaban J connectivity index is 1.60. The number of nitrogens with zero attached hydrogens (tertiary/aromatic N) is 3. The van der Waals surface area contributed by atoms with Gasteiger partial charge in [0.05, 0.1) is 17.2 Å². The van der Waals surface area contributed by atoms with Crippen molar-refractivity contribution in [2.45, 2.75) is 32.0 Å². The van der Waals surface area contributed by atoms with Crippen molar-refractivity contribution in [2.24, 2.45) is 0 Å². The van der Waals surface area contributed by atoms with E-state index in [-0.39, 0.29) is 0 Å². The lowest BCUT2D eigenvalue weighted by Gasteiger charge is -2.25. The first-order valence-electron chi connectivity index (χ1n) is 9.20. The lowest BCUT2D eigenvalue weighted by Crippen LogP contribution is -2.31. The number of nitriles is 1. The van der Waals surface area contributed by atoms with E-state index in [1.54, 1.807) is 0 Å². The van der Waals surface area contributed by atoms with Crippen LogP contribution >= 0.6 is 0 Å². The van der Waals surface area contributed by atoms with Gasteiger partial charge in [0.1, 0.15) is 6.07 Å². The number of fused-ring (bicyclic) bond motifs is 1. The highest BCUT2D eigenvalue weighted by Gasteiger charge is 2.21. The first-order valence-corrected chi connectivity index (χ1v) is 9.20. The molecule has 0 spiro atoms. The lowest BCUT2D eigenvalue weighted by molar-refractivity contribution is 0.0679. The summed E-state index contributed by atoms with van der Waals surface area (Å²) >= 11 is 0. The first kappa shape index (κ1) is 16.8. The predicted octanol–water partition coefficient (Wildman–Crippen LogP) is 3.99. The zero-order valence-electron chi connectivity index (χ0n) is 14.8. The quantitative estimate of drug-likeness (QED) is 0.678. The van der Waals surface area contributed by atoms with Gasteiger partial charge in [-0.05, 0) is 30.5 Å². The molecule has 3 aromatic rings. The second-order valence-corrected chi connectivity index (χ2v) is 6.92. The Morgan fingerprint density at radius 1 is 1.12 bits per heavy atom. The van der Waals surface area contributed by atoms with Crippen molar-refractivity contribution in [3.63, 3.8) is 0 Å². The topological polar surface area (TPSA) is 40.7 Å². The molecular formula is C22H23N3O. The molecule has 0 N–H and O–H groups in total. The maximum Gasteiger partial charge on any atom is 0.102 e. The van der Waals surface area contributed by atoms with Crippen molar-refractivity contribution in [3.8, 4) is 6.07 Å². The standard InChI is InChI=1S/C22H23N3O/c23-13-21-19(16-25-11-5-4-10-22(21)25)15-24(17-20-9-6-12-26-20)14-18-7-2-1-3-8-18/h1-5,7-8,10-11,16,20H,6,9,12,14-15,17H2. The Bertz CT molecular complexity index is 904. The Hall–Kier alpha value is -2.61. The van der Waals surface area contributed by atoms with Crippen LogP contribution in [0, 0.1) is 11.3 Å². The van der Waals surface area contributed by atoms with Gasteiger partial charge in [-0.2, -0.15) is 5.26 Å². The van der Waals surface area contributed by atoms with Gasteiger partial charge in [-0.3, -0.25) is 4.90 Å². The number of aromatic nitrogens is 1. The highest BCUT2D eigenvalue weighted by molar-refractivity contribution is 5.65. The summed E-state index contributed by atoms with van der Waals surface area (Å²) < 4.78 is 7.90. The summed E-state index contributed by atoms with van der Waals surface area (Å²) in [5.41, 5.74) is 4.11. The summed E-state index contributed by atoms with van der Waals surface area (Å²) in [5.74, 6) is 0. The Labute approximate surface area is 154 Å². The molecule has 0 aliphatic carbocycles. The van der Waals surface area contributed by atoms with Crippen molar-refractivity contribution < 1.29 is 4.74 Å². The number of rotatable bonds is 6. The number of hydrogen-bond donors (Lipinski definition) is 0. The van der Waals surface area contributed by atoms with Gasteiger partial charge in [0.15, 0.2) is 0 Å². The molecule has 0 amide bonds. The molecule has 1 aromatic carbocycles. The second kappa shape index (κ2) is 7.74. The van der Waals surface area contributed by atoms with Gasteiger partial charge in [-0.25, -0.2) is 0 Å². The number of hydrogen-bond acceptors (Lipinski definition) is 3. The summed E-state index contributed by atoms with van der Waals surface area (Å²) in [5, 5.41) is 9.69. The van der Waals surface area contributed by atoms with Crippen molar-refractivity contribution >= 4 is 5.52 Å². The molecule has 1 unspecified atom stereocenters. The van der Waals surface area contributed by atoms with E-state index >= 15 is 0 Å². The fourth-order valence-electron chi connectivity index (χ4n) is 3.77. The molecule has 4 heteroatoms. The molecule has 0 saturated carbocycles. The normalized spacial score (nSPS) is 17.0. The third-order valence-corrected chi connectivity index (χ3v) is 5.00. The van der Waals surface area contributed by atoms with E-state index in [2.05, 4.69) is 41.4 Å². The van der Waals surface area contributed by atoms with E-state index in [9.17, 15) is 5.26 Å². The number of ether oxygens (including phenoxy) is 1. The molecule has 0 bridgehead atoms. The summed E-state index contributed by atoms with van der Waals surface area (Å²) in [6, 6.07) is 18.9. The number of benzene rings is 1. The summed E-state index contributed by atoms with van der Waals surface area (Å²) in [6.45, 7) is 3.37. The molecule has 1 atom stereocenters. The minimum absolute atomic E-state index is 0.293. The van der Waals surface area contributed by atoms with Gasteiger partial charge < -0.3 is 9.14 Å². The highest BCUT2D eigenvalue weighted by Crippen LogP contribution is 2.22. The summed E-state index contributed by atoms with van der Waals surface area (Å²) in [6.07, 6.45) is 6.64. The molecule has 0 radical (unpaired) electrons. The van der Waals surface area contributed by atoms with Crippen LogP contribution in [0.25, 0.3) is 5.52 Å². The van der Waals surface area contributed by atoms with E-state index in [0.29, 0.717) is 6.10 Å². The average Bonchev–Trinajstić information content (AvgIpc) is 3.29. The van der Waals surface area contributed by atoms with Gasteiger partial charge in [0, 0.05) is 44.2 Å². The maximum atomic E-state index is 9.69. The third kappa shape index (κ3) is 3.65. The largest absolute Gasteiger partial charge is 0.377 e. The van der Waals surface area contributed by atoms with Crippen LogP contribution in [-0.4, -0.2) is 28.6 Å². The van der Waals surface area contributed by atoms with Crippen molar-refractivity contribution in [3.05, 3.63) is 77.6 Å². The molecule has 132 valence electrons. The van der Waals surface area contributed by atoms with Gasteiger partial charge >= 0.3 is 0 Å². The molecule has 1 aliphatic heterocycles. The van der Waals surface area contributed by atoms with Gasteiger partial charge in [-0.1, -0.05) is 36.4 Å². The lowest BCUT2D eigenvalue weighted by atomic mass is 10.1. The molecule has 1 aliphatic rings. The monoisotopic (exact) mass is 345 g/mol. The van der Waals surface area contributed by atoms with Crippen LogP contribution < -0.4 is 0 Å². The molecule has 26 heavy (non-hydrogen) atoms. The van der Waals surface area contributed by atoms with Crippen molar-refractivity contribution in [1.29, 1.82) is 5.26 Å². The smallest absolute Gasteiger partial charge is 0.102 e. The van der Waals surface area contributed by atoms with Crippen LogP contribution in [0.15, 0.2) is 60.9 Å². The Morgan fingerprint density at radius 3 is 2.73 bits per heavy atom. The van der Waals surface area contributed by atoms with Gasteiger partial charge in [0.2, 0.25) is 0 Å². The molecule has 1 saturated heterocycles. The van der Waals surface area contributed by atoms with Gasteiger partial charge in [0.25, 0.3) is 0 Å². The fourth-order valence-corrected chi connectivity index (χ4v) is 3.77. The van der Waals surface area contributed by atoms with Crippen LogP contribution in [0.5, 0.6) is 0 Å². The molecule has 3 heterocycles. The Morgan fingerprint density at radius 2 is 1.96 bits per heavy atom. The third-order valence-electron chi connectivity index (χ3n) is 5.00. The minimum Gasteiger partial charge on any atom is -0.377 e. The molecule has 1 fully saturated rings. The zero-order chi connectivity index (χ0) is 17.8. The molecule has 2 aromatic heterocycles. The molecule has 4 nitrogen and oxygen atoms in total. The van der Waals surface area contributed by atoms with Crippen LogP contribution in [0.3, 0.4) is 0 Å². The minimum atomic E-state index is 0.293. The number of pyridine rings is 1. The zero-order valence-corrected chi connectivity index (χ0v) is 14.8. The predicted molar refractivity (Wildman–Crippen MR) is 102 cm³/mol.